The zero-order chi connectivity index (χ0) is 21.8. The van der Waals surface area contributed by atoms with E-state index in [0.717, 1.165) is 41.0 Å². The number of nitrogens with zero attached hydrogens (tertiary/aromatic N) is 6. The van der Waals surface area contributed by atoms with E-state index in [0.29, 0.717) is 0 Å². The maximum Gasteiger partial charge on any atom is 0.143 e. The lowest BCUT2D eigenvalue weighted by atomic mass is 9.84. The van der Waals surface area contributed by atoms with Crippen LogP contribution in [-0.2, 0) is 24.4 Å². The van der Waals surface area contributed by atoms with Gasteiger partial charge < -0.3 is 9.13 Å². The Kier molecular flexibility index (Phi) is 4.71. The predicted molar refractivity (Wildman–Crippen MR) is 122 cm³/mol. The van der Waals surface area contributed by atoms with Crippen LogP contribution in [0.2, 0.25) is 0 Å². The van der Waals surface area contributed by atoms with Gasteiger partial charge in [0, 0.05) is 47.1 Å². The SMILES string of the molecule is Cc1cn(CCC(C)(C)c2ncnc3c2cc(C)n3C)c2ncnc(C(C)(C)C)c12. The van der Waals surface area contributed by atoms with Crippen LogP contribution in [0.3, 0.4) is 0 Å². The smallest absolute Gasteiger partial charge is 0.143 e. The number of fused-ring (bicyclic) bond motifs is 2. The van der Waals surface area contributed by atoms with E-state index in [-0.39, 0.29) is 10.8 Å². The van der Waals surface area contributed by atoms with Gasteiger partial charge in [-0.3, -0.25) is 0 Å². The first-order valence-electron chi connectivity index (χ1n) is 10.6. The van der Waals surface area contributed by atoms with Gasteiger partial charge in [-0.1, -0.05) is 34.6 Å². The molecule has 4 aromatic heterocycles. The second-order valence-corrected chi connectivity index (χ2v) is 10.1. The molecular formula is C24H32N6. The van der Waals surface area contributed by atoms with Gasteiger partial charge in [0.15, 0.2) is 0 Å². The number of hydrogen-bond acceptors (Lipinski definition) is 4. The number of hydrogen-bond donors (Lipinski definition) is 0. The molecule has 0 saturated carbocycles. The predicted octanol–water partition coefficient (Wildman–Crippen LogP) is 5.00. The summed E-state index contributed by atoms with van der Waals surface area (Å²) in [5, 5.41) is 2.33. The van der Waals surface area contributed by atoms with E-state index in [2.05, 4.69) is 91.9 Å². The van der Waals surface area contributed by atoms with Crippen LogP contribution in [0.15, 0.2) is 24.9 Å². The molecule has 0 saturated heterocycles. The molecule has 4 heterocycles. The molecule has 0 aliphatic heterocycles. The molecule has 0 atom stereocenters. The molecule has 0 bridgehead atoms. The van der Waals surface area contributed by atoms with Crippen LogP contribution in [0.5, 0.6) is 0 Å². The van der Waals surface area contributed by atoms with E-state index in [1.165, 1.54) is 16.6 Å². The highest BCUT2D eigenvalue weighted by Crippen LogP contribution is 2.34. The van der Waals surface area contributed by atoms with Crippen molar-refractivity contribution in [2.45, 2.75) is 72.3 Å². The Morgan fingerprint density at radius 3 is 2.17 bits per heavy atom. The Balaban J connectivity index is 1.70. The standard InChI is InChI=1S/C24H32N6/c1-15-12-30(22-18(15)20(23(3,4)5)26-14-28-22)10-9-24(6,7)19-17-11-16(2)29(8)21(17)27-13-25-19/h11-14H,9-10H2,1-8H3. The summed E-state index contributed by atoms with van der Waals surface area (Å²) in [6.45, 7) is 16.3. The summed E-state index contributed by atoms with van der Waals surface area (Å²) in [6, 6.07) is 2.20. The normalized spacial score (nSPS) is 12.9. The molecule has 0 fully saturated rings. The van der Waals surface area contributed by atoms with Gasteiger partial charge >= 0.3 is 0 Å². The average molecular weight is 405 g/mol. The van der Waals surface area contributed by atoms with Gasteiger partial charge in [-0.2, -0.15) is 0 Å². The first-order valence-corrected chi connectivity index (χ1v) is 10.6. The van der Waals surface area contributed by atoms with Crippen LogP contribution in [-0.4, -0.2) is 29.1 Å². The van der Waals surface area contributed by atoms with E-state index in [4.69, 9.17) is 4.98 Å². The van der Waals surface area contributed by atoms with Crippen molar-refractivity contribution in [1.82, 2.24) is 29.1 Å². The Hall–Kier alpha value is -2.76. The summed E-state index contributed by atoms with van der Waals surface area (Å²) in [4.78, 5) is 18.4. The third kappa shape index (κ3) is 3.28. The highest BCUT2D eigenvalue weighted by atomic mass is 15.1. The third-order valence-electron chi connectivity index (χ3n) is 6.24. The Labute approximate surface area is 178 Å². The van der Waals surface area contributed by atoms with Crippen molar-refractivity contribution in [2.75, 3.05) is 0 Å². The lowest BCUT2D eigenvalue weighted by Gasteiger charge is -2.25. The number of aromatic nitrogens is 6. The van der Waals surface area contributed by atoms with Crippen LogP contribution in [0.25, 0.3) is 22.1 Å². The molecule has 4 rings (SSSR count). The van der Waals surface area contributed by atoms with Gasteiger partial charge in [0.2, 0.25) is 0 Å². The topological polar surface area (TPSA) is 61.4 Å². The zero-order valence-corrected chi connectivity index (χ0v) is 19.4. The first kappa shape index (κ1) is 20.5. The van der Waals surface area contributed by atoms with E-state index in [1.54, 1.807) is 12.7 Å². The van der Waals surface area contributed by atoms with Gasteiger partial charge in [-0.15, -0.1) is 0 Å². The second-order valence-electron chi connectivity index (χ2n) is 10.1. The molecule has 0 radical (unpaired) electrons. The fourth-order valence-electron chi connectivity index (χ4n) is 4.37. The third-order valence-corrected chi connectivity index (χ3v) is 6.24. The minimum atomic E-state index is -0.0978. The summed E-state index contributed by atoms with van der Waals surface area (Å²) in [5.74, 6) is 0. The Morgan fingerprint density at radius 2 is 1.50 bits per heavy atom. The van der Waals surface area contributed by atoms with Gasteiger partial charge in [-0.05, 0) is 31.9 Å². The minimum absolute atomic E-state index is 0.0187. The maximum absolute atomic E-state index is 4.70. The monoisotopic (exact) mass is 404 g/mol. The van der Waals surface area contributed by atoms with E-state index in [1.807, 2.05) is 0 Å². The van der Waals surface area contributed by atoms with Crippen molar-refractivity contribution in [1.29, 1.82) is 0 Å². The zero-order valence-electron chi connectivity index (χ0n) is 19.4. The summed E-state index contributed by atoms with van der Waals surface area (Å²) < 4.78 is 4.41. The van der Waals surface area contributed by atoms with Gasteiger partial charge in [0.05, 0.1) is 11.4 Å². The van der Waals surface area contributed by atoms with Gasteiger partial charge in [0.25, 0.3) is 0 Å². The lowest BCUT2D eigenvalue weighted by molar-refractivity contribution is 0.433. The highest BCUT2D eigenvalue weighted by Gasteiger charge is 2.27. The molecule has 0 unspecified atom stereocenters. The molecule has 0 amide bonds. The van der Waals surface area contributed by atoms with Gasteiger partial charge in [-0.25, -0.2) is 19.9 Å². The van der Waals surface area contributed by atoms with Crippen molar-refractivity contribution >= 4 is 22.1 Å². The lowest BCUT2D eigenvalue weighted by Crippen LogP contribution is -2.22. The highest BCUT2D eigenvalue weighted by molar-refractivity contribution is 5.83. The molecule has 4 aromatic rings. The van der Waals surface area contributed by atoms with Crippen LogP contribution in [0.4, 0.5) is 0 Å². The van der Waals surface area contributed by atoms with Crippen LogP contribution in [0.1, 0.15) is 63.7 Å². The molecule has 6 nitrogen and oxygen atoms in total. The molecule has 0 aromatic carbocycles. The fourth-order valence-corrected chi connectivity index (χ4v) is 4.37. The van der Waals surface area contributed by atoms with Crippen molar-refractivity contribution in [3.8, 4) is 0 Å². The molecule has 0 spiro atoms. The summed E-state index contributed by atoms with van der Waals surface area (Å²) in [5.41, 5.74) is 6.54. The number of rotatable bonds is 4. The molecule has 30 heavy (non-hydrogen) atoms. The van der Waals surface area contributed by atoms with Crippen molar-refractivity contribution in [3.05, 3.63) is 47.6 Å². The van der Waals surface area contributed by atoms with Crippen molar-refractivity contribution < 1.29 is 0 Å². The van der Waals surface area contributed by atoms with E-state index < -0.39 is 0 Å². The molecule has 6 heteroatoms. The van der Waals surface area contributed by atoms with Crippen molar-refractivity contribution in [3.63, 3.8) is 0 Å². The van der Waals surface area contributed by atoms with Gasteiger partial charge in [0.1, 0.15) is 23.9 Å². The first-order chi connectivity index (χ1) is 14.0. The largest absolute Gasteiger partial charge is 0.333 e. The average Bonchev–Trinajstić information content (AvgIpc) is 3.16. The summed E-state index contributed by atoms with van der Waals surface area (Å²) in [7, 11) is 2.06. The summed E-state index contributed by atoms with van der Waals surface area (Å²) >= 11 is 0. The van der Waals surface area contributed by atoms with Crippen molar-refractivity contribution in [2.24, 2.45) is 7.05 Å². The van der Waals surface area contributed by atoms with E-state index in [9.17, 15) is 0 Å². The molecule has 158 valence electrons. The van der Waals surface area contributed by atoms with Crippen LogP contribution in [0, 0.1) is 13.8 Å². The molecule has 0 aliphatic carbocycles. The minimum Gasteiger partial charge on any atom is -0.333 e. The second kappa shape index (κ2) is 6.89. The molecule has 0 aliphatic rings. The quantitative estimate of drug-likeness (QED) is 0.480. The fraction of sp³-hybridized carbons (Fsp3) is 0.500. The molecular weight excluding hydrogens is 372 g/mol. The van der Waals surface area contributed by atoms with E-state index >= 15 is 0 Å². The van der Waals surface area contributed by atoms with Crippen LogP contribution < -0.4 is 0 Å². The Morgan fingerprint density at radius 1 is 0.867 bits per heavy atom. The molecule has 0 N–H and O–H groups in total. The maximum atomic E-state index is 4.70. The number of aryl methyl sites for hydroxylation is 4. The summed E-state index contributed by atoms with van der Waals surface area (Å²) in [6.07, 6.45) is 6.56. The Bertz CT molecular complexity index is 1240. The van der Waals surface area contributed by atoms with Crippen LogP contribution >= 0.6 is 0 Å².